The zero-order chi connectivity index (χ0) is 17.1. The van der Waals surface area contributed by atoms with E-state index in [1.54, 1.807) is 30.0 Å². The zero-order valence-corrected chi connectivity index (χ0v) is 14.0. The van der Waals surface area contributed by atoms with Crippen LogP contribution in [0.2, 0.25) is 0 Å². The van der Waals surface area contributed by atoms with E-state index in [9.17, 15) is 4.79 Å². The molecule has 0 bridgehead atoms. The number of carbonyl (C=O) groups is 1. The molecule has 4 rings (SSSR count). The second kappa shape index (κ2) is 6.83. The van der Waals surface area contributed by atoms with Crippen molar-refractivity contribution in [1.82, 2.24) is 4.98 Å². The fourth-order valence-electron chi connectivity index (χ4n) is 2.47. The van der Waals surface area contributed by atoms with Crippen molar-refractivity contribution < 1.29 is 9.21 Å². The molecule has 0 fully saturated rings. The fraction of sp³-hybridized carbons (Fsp3) is 0. The van der Waals surface area contributed by atoms with Gasteiger partial charge in [-0.1, -0.05) is 42.1 Å². The van der Waals surface area contributed by atoms with E-state index in [2.05, 4.69) is 10.3 Å². The normalized spacial score (nSPS) is 10.7. The molecule has 0 aliphatic heterocycles. The van der Waals surface area contributed by atoms with Gasteiger partial charge in [0.05, 0.1) is 5.69 Å². The topological polar surface area (TPSA) is 55.1 Å². The molecule has 5 heteroatoms. The Morgan fingerprint density at radius 3 is 2.64 bits per heavy atom. The van der Waals surface area contributed by atoms with Gasteiger partial charge in [-0.05, 0) is 42.5 Å². The molecule has 1 aromatic heterocycles. The van der Waals surface area contributed by atoms with Crippen LogP contribution in [0.1, 0.15) is 10.4 Å². The standard InChI is InChI=1S/C20H14N2O2S/c23-20(14-10-11-18-17(12-14)21-13-24-18)22-16-8-4-5-9-19(16)25-15-6-2-1-3-7-15/h1-13H,(H,22,23). The van der Waals surface area contributed by atoms with Crippen molar-refractivity contribution in [2.45, 2.75) is 9.79 Å². The number of oxazole rings is 1. The number of carbonyl (C=O) groups excluding carboxylic acids is 1. The highest BCUT2D eigenvalue weighted by Crippen LogP contribution is 2.33. The average molecular weight is 346 g/mol. The number of rotatable bonds is 4. The molecule has 4 nitrogen and oxygen atoms in total. The van der Waals surface area contributed by atoms with Crippen LogP contribution < -0.4 is 5.32 Å². The monoisotopic (exact) mass is 346 g/mol. The minimum absolute atomic E-state index is 0.175. The highest BCUT2D eigenvalue weighted by Gasteiger charge is 2.11. The Kier molecular flexibility index (Phi) is 4.23. The van der Waals surface area contributed by atoms with Crippen LogP contribution in [0.25, 0.3) is 11.1 Å². The maximum atomic E-state index is 12.6. The van der Waals surface area contributed by atoms with E-state index in [0.717, 1.165) is 15.5 Å². The van der Waals surface area contributed by atoms with Crippen LogP contribution in [-0.4, -0.2) is 10.9 Å². The van der Waals surface area contributed by atoms with Gasteiger partial charge in [0.2, 0.25) is 0 Å². The molecule has 122 valence electrons. The molecule has 0 radical (unpaired) electrons. The third-order valence-electron chi connectivity index (χ3n) is 3.70. The summed E-state index contributed by atoms with van der Waals surface area (Å²) in [6.45, 7) is 0. The van der Waals surface area contributed by atoms with E-state index in [0.29, 0.717) is 16.7 Å². The summed E-state index contributed by atoms with van der Waals surface area (Å²) in [6, 6.07) is 23.0. The number of benzene rings is 3. The maximum absolute atomic E-state index is 12.6. The molecule has 1 amide bonds. The van der Waals surface area contributed by atoms with E-state index in [1.165, 1.54) is 6.39 Å². The number of nitrogens with zero attached hydrogens (tertiary/aromatic N) is 1. The van der Waals surface area contributed by atoms with Crippen LogP contribution >= 0.6 is 11.8 Å². The smallest absolute Gasteiger partial charge is 0.255 e. The quantitative estimate of drug-likeness (QED) is 0.549. The summed E-state index contributed by atoms with van der Waals surface area (Å²) in [5.74, 6) is -0.175. The van der Waals surface area contributed by atoms with Crippen molar-refractivity contribution in [2.75, 3.05) is 5.32 Å². The molecular formula is C20H14N2O2S. The van der Waals surface area contributed by atoms with Gasteiger partial charge < -0.3 is 9.73 Å². The summed E-state index contributed by atoms with van der Waals surface area (Å²) < 4.78 is 5.21. The second-order valence-electron chi connectivity index (χ2n) is 5.40. The molecule has 0 aliphatic carbocycles. The Hall–Kier alpha value is -3.05. The van der Waals surface area contributed by atoms with Crippen LogP contribution in [0, 0.1) is 0 Å². The van der Waals surface area contributed by atoms with Crippen molar-refractivity contribution >= 4 is 34.5 Å². The van der Waals surface area contributed by atoms with Gasteiger partial charge in [-0.25, -0.2) is 4.98 Å². The predicted octanol–water partition coefficient (Wildman–Crippen LogP) is 5.23. The lowest BCUT2D eigenvalue weighted by Crippen LogP contribution is -2.12. The van der Waals surface area contributed by atoms with Crippen molar-refractivity contribution in [3.05, 3.63) is 84.8 Å². The first-order valence-corrected chi connectivity index (χ1v) is 8.58. The summed E-state index contributed by atoms with van der Waals surface area (Å²) in [5.41, 5.74) is 2.65. The summed E-state index contributed by atoms with van der Waals surface area (Å²) in [4.78, 5) is 18.8. The molecule has 4 aromatic rings. The number of aromatic nitrogens is 1. The van der Waals surface area contributed by atoms with Crippen LogP contribution in [0.3, 0.4) is 0 Å². The number of para-hydroxylation sites is 1. The number of anilines is 1. The van der Waals surface area contributed by atoms with Gasteiger partial charge in [0.15, 0.2) is 12.0 Å². The van der Waals surface area contributed by atoms with Crippen LogP contribution in [0.4, 0.5) is 5.69 Å². The lowest BCUT2D eigenvalue weighted by molar-refractivity contribution is 0.102. The first kappa shape index (κ1) is 15.5. The van der Waals surface area contributed by atoms with Crippen molar-refractivity contribution in [3.63, 3.8) is 0 Å². The van der Waals surface area contributed by atoms with Gasteiger partial charge in [0, 0.05) is 15.4 Å². The van der Waals surface area contributed by atoms with Gasteiger partial charge in [0.1, 0.15) is 5.52 Å². The number of nitrogens with one attached hydrogen (secondary N) is 1. The lowest BCUT2D eigenvalue weighted by Gasteiger charge is -2.11. The van der Waals surface area contributed by atoms with E-state index in [-0.39, 0.29) is 5.91 Å². The molecule has 0 atom stereocenters. The van der Waals surface area contributed by atoms with E-state index in [4.69, 9.17) is 4.42 Å². The Balaban J connectivity index is 1.58. The third kappa shape index (κ3) is 3.41. The van der Waals surface area contributed by atoms with E-state index in [1.807, 2.05) is 54.6 Å². The van der Waals surface area contributed by atoms with Crippen molar-refractivity contribution in [3.8, 4) is 0 Å². The molecule has 0 saturated carbocycles. The second-order valence-corrected chi connectivity index (χ2v) is 6.52. The van der Waals surface area contributed by atoms with Gasteiger partial charge in [-0.15, -0.1) is 0 Å². The van der Waals surface area contributed by atoms with Crippen molar-refractivity contribution in [2.24, 2.45) is 0 Å². The SMILES string of the molecule is O=C(Nc1ccccc1Sc1ccccc1)c1ccc2ocnc2c1. The number of hydrogen-bond donors (Lipinski definition) is 1. The first-order chi connectivity index (χ1) is 12.3. The minimum atomic E-state index is -0.175. The number of hydrogen-bond acceptors (Lipinski definition) is 4. The Bertz CT molecular complexity index is 1030. The summed E-state index contributed by atoms with van der Waals surface area (Å²) in [5, 5.41) is 2.99. The molecule has 1 N–H and O–H groups in total. The summed E-state index contributed by atoms with van der Waals surface area (Å²) >= 11 is 1.61. The van der Waals surface area contributed by atoms with Gasteiger partial charge in [-0.3, -0.25) is 4.79 Å². The van der Waals surface area contributed by atoms with Crippen LogP contribution in [0.5, 0.6) is 0 Å². The Morgan fingerprint density at radius 1 is 0.960 bits per heavy atom. The van der Waals surface area contributed by atoms with Gasteiger partial charge in [-0.2, -0.15) is 0 Å². The fourth-order valence-corrected chi connectivity index (χ4v) is 3.39. The Morgan fingerprint density at radius 2 is 1.76 bits per heavy atom. The predicted molar refractivity (Wildman–Crippen MR) is 99.0 cm³/mol. The first-order valence-electron chi connectivity index (χ1n) is 7.76. The Labute approximate surface area is 148 Å². The highest BCUT2D eigenvalue weighted by molar-refractivity contribution is 7.99. The molecule has 1 heterocycles. The van der Waals surface area contributed by atoms with Crippen LogP contribution in [-0.2, 0) is 0 Å². The minimum Gasteiger partial charge on any atom is -0.443 e. The van der Waals surface area contributed by atoms with Gasteiger partial charge >= 0.3 is 0 Å². The average Bonchev–Trinajstić information content (AvgIpc) is 3.12. The van der Waals surface area contributed by atoms with Crippen LogP contribution in [0.15, 0.2) is 93.4 Å². The maximum Gasteiger partial charge on any atom is 0.255 e. The zero-order valence-electron chi connectivity index (χ0n) is 13.2. The molecule has 0 saturated heterocycles. The summed E-state index contributed by atoms with van der Waals surface area (Å²) in [7, 11) is 0. The molecule has 0 spiro atoms. The number of fused-ring (bicyclic) bond motifs is 1. The van der Waals surface area contributed by atoms with E-state index >= 15 is 0 Å². The molecule has 0 aliphatic rings. The molecule has 3 aromatic carbocycles. The lowest BCUT2D eigenvalue weighted by atomic mass is 10.2. The summed E-state index contributed by atoms with van der Waals surface area (Å²) in [6.07, 6.45) is 1.37. The highest BCUT2D eigenvalue weighted by atomic mass is 32.2. The molecule has 0 unspecified atom stereocenters. The van der Waals surface area contributed by atoms with Gasteiger partial charge in [0.25, 0.3) is 5.91 Å². The molecular weight excluding hydrogens is 332 g/mol. The molecule has 25 heavy (non-hydrogen) atoms. The van der Waals surface area contributed by atoms with E-state index < -0.39 is 0 Å². The largest absolute Gasteiger partial charge is 0.443 e. The third-order valence-corrected chi connectivity index (χ3v) is 4.78. The number of amides is 1. The van der Waals surface area contributed by atoms with Crippen molar-refractivity contribution in [1.29, 1.82) is 0 Å².